The van der Waals surface area contributed by atoms with E-state index in [2.05, 4.69) is 21.3 Å². The van der Waals surface area contributed by atoms with E-state index in [4.69, 9.17) is 17.6 Å². The molecule has 0 bridgehead atoms. The zero-order valence-corrected chi connectivity index (χ0v) is 15.3. The second-order valence-corrected chi connectivity index (χ2v) is 6.32. The zero-order chi connectivity index (χ0) is 19.7. The van der Waals surface area contributed by atoms with Crippen LogP contribution in [0.1, 0.15) is 33.6 Å². The number of terminal acetylenes is 2. The van der Waals surface area contributed by atoms with Crippen LogP contribution in [0.15, 0.2) is 12.2 Å². The van der Waals surface area contributed by atoms with Crippen LogP contribution in [0.5, 0.6) is 0 Å². The Kier molecular flexibility index (Phi) is 8.50. The highest BCUT2D eigenvalue weighted by Crippen LogP contribution is 2.30. The number of esters is 3. The van der Waals surface area contributed by atoms with E-state index >= 15 is 0 Å². The van der Waals surface area contributed by atoms with E-state index in [1.807, 2.05) is 0 Å². The highest BCUT2D eigenvalue weighted by Gasteiger charge is 2.47. The molecular weight excluding hydrogens is 324 g/mol. The van der Waals surface area contributed by atoms with Crippen LogP contribution in [0.2, 0.25) is 0 Å². The number of hydrogen-bond acceptors (Lipinski definition) is 6. The molecule has 0 rings (SSSR count). The van der Waals surface area contributed by atoms with E-state index < -0.39 is 34.8 Å². The van der Waals surface area contributed by atoms with Crippen LogP contribution in [0.4, 0.5) is 0 Å². The van der Waals surface area contributed by atoms with E-state index in [0.717, 1.165) is 14.2 Å². The quantitative estimate of drug-likeness (QED) is 0.230. The first-order valence-corrected chi connectivity index (χ1v) is 7.53. The summed E-state index contributed by atoms with van der Waals surface area (Å²) < 4.78 is 14.6. The lowest BCUT2D eigenvalue weighted by molar-refractivity contribution is -0.168. The van der Waals surface area contributed by atoms with Crippen LogP contribution in [-0.4, -0.2) is 38.2 Å². The number of methoxy groups -OCH3 is 2. The van der Waals surface area contributed by atoms with E-state index in [0.29, 0.717) is 0 Å². The predicted molar refractivity (Wildman–Crippen MR) is 91.8 cm³/mol. The first-order chi connectivity index (χ1) is 11.6. The summed E-state index contributed by atoms with van der Waals surface area (Å²) >= 11 is 0. The number of allylic oxidation sites excluding steroid dienone is 1. The fourth-order valence-electron chi connectivity index (χ4n) is 1.85. The van der Waals surface area contributed by atoms with Gasteiger partial charge in [0.05, 0.1) is 19.6 Å². The molecule has 0 aromatic rings. The Labute approximate surface area is 148 Å². The van der Waals surface area contributed by atoms with E-state index in [1.54, 1.807) is 20.8 Å². The third-order valence-corrected chi connectivity index (χ3v) is 3.34. The van der Waals surface area contributed by atoms with Gasteiger partial charge in [-0.15, -0.1) is 18.8 Å². The van der Waals surface area contributed by atoms with Gasteiger partial charge < -0.3 is 14.2 Å². The van der Waals surface area contributed by atoms with Crippen LogP contribution in [0.25, 0.3) is 0 Å². The number of ether oxygens (including phenoxy) is 3. The lowest BCUT2D eigenvalue weighted by Crippen LogP contribution is -2.40. The largest absolute Gasteiger partial charge is 0.468 e. The summed E-state index contributed by atoms with van der Waals surface area (Å²) in [4.78, 5) is 36.1. The second kappa shape index (κ2) is 9.54. The van der Waals surface area contributed by atoms with Crippen molar-refractivity contribution in [2.75, 3.05) is 14.2 Å². The van der Waals surface area contributed by atoms with Gasteiger partial charge in [0.1, 0.15) is 0 Å². The summed E-state index contributed by atoms with van der Waals surface area (Å²) in [5, 5.41) is 0. The van der Waals surface area contributed by atoms with Gasteiger partial charge in [-0.3, -0.25) is 14.4 Å². The summed E-state index contributed by atoms with van der Waals surface area (Å²) in [6.45, 7) is 5.08. The third-order valence-electron chi connectivity index (χ3n) is 3.34. The van der Waals surface area contributed by atoms with E-state index in [1.165, 1.54) is 12.2 Å². The third kappa shape index (κ3) is 6.00. The van der Waals surface area contributed by atoms with Crippen LogP contribution in [0, 0.1) is 35.5 Å². The minimum Gasteiger partial charge on any atom is -0.468 e. The summed E-state index contributed by atoms with van der Waals surface area (Å²) in [5.41, 5.74) is -2.39. The Morgan fingerprint density at radius 1 is 1.04 bits per heavy atom. The molecule has 0 saturated heterocycles. The van der Waals surface area contributed by atoms with Gasteiger partial charge in [0.25, 0.3) is 0 Å². The van der Waals surface area contributed by atoms with Crippen molar-refractivity contribution < 1.29 is 28.6 Å². The van der Waals surface area contributed by atoms with Gasteiger partial charge >= 0.3 is 17.9 Å². The van der Waals surface area contributed by atoms with Crippen LogP contribution in [0.3, 0.4) is 0 Å². The van der Waals surface area contributed by atoms with Gasteiger partial charge in [0.2, 0.25) is 0 Å². The Bertz CT molecular complexity index is 593. The first-order valence-electron chi connectivity index (χ1n) is 7.53. The summed E-state index contributed by atoms with van der Waals surface area (Å²) in [5.74, 6) is 2.49. The minimum absolute atomic E-state index is 0.109. The maximum Gasteiger partial charge on any atom is 0.324 e. The fraction of sp³-hybridized carbons (Fsp3) is 0.526. The lowest BCUT2D eigenvalue weighted by Gasteiger charge is -2.25. The second-order valence-electron chi connectivity index (χ2n) is 6.32. The van der Waals surface area contributed by atoms with Gasteiger partial charge in [0.15, 0.2) is 11.5 Å². The molecule has 0 fully saturated rings. The molecule has 0 aliphatic rings. The maximum atomic E-state index is 12.1. The van der Waals surface area contributed by atoms with Gasteiger partial charge in [-0.2, -0.15) is 0 Å². The molecule has 0 aliphatic carbocycles. The standard InChI is InChI=1S/C19H24O6/c1-8-12-19(16(21)23-6,17(22)24-7)13-10-11-14(9-2)25-15(20)18(3,4)5/h1-2,10-11,14H,12-13H2,3-7H3/b11-10+/t14-/m0/s1. The molecule has 0 amide bonds. The van der Waals surface area contributed by atoms with Crippen LogP contribution in [-0.2, 0) is 28.6 Å². The van der Waals surface area contributed by atoms with Gasteiger partial charge in [-0.25, -0.2) is 0 Å². The van der Waals surface area contributed by atoms with Crippen LogP contribution >= 0.6 is 0 Å². The van der Waals surface area contributed by atoms with E-state index in [9.17, 15) is 14.4 Å². The summed E-state index contributed by atoms with van der Waals surface area (Å²) in [7, 11) is 2.30. The molecule has 0 N–H and O–H groups in total. The number of carbonyl (C=O) groups excluding carboxylic acids is 3. The average molecular weight is 348 g/mol. The molecule has 0 aliphatic heterocycles. The van der Waals surface area contributed by atoms with Crippen molar-refractivity contribution in [2.45, 2.75) is 39.7 Å². The van der Waals surface area contributed by atoms with Crippen molar-refractivity contribution in [3.63, 3.8) is 0 Å². The molecule has 6 heteroatoms. The molecule has 0 aromatic carbocycles. The Morgan fingerprint density at radius 2 is 1.56 bits per heavy atom. The number of carbonyl (C=O) groups is 3. The summed E-state index contributed by atoms with van der Waals surface area (Å²) in [6.07, 6.45) is 12.2. The highest BCUT2D eigenvalue weighted by molar-refractivity contribution is 6.00. The molecule has 0 aromatic heterocycles. The molecule has 0 unspecified atom stereocenters. The topological polar surface area (TPSA) is 78.9 Å². The average Bonchev–Trinajstić information content (AvgIpc) is 2.57. The smallest absolute Gasteiger partial charge is 0.324 e. The zero-order valence-electron chi connectivity index (χ0n) is 15.3. The molecule has 25 heavy (non-hydrogen) atoms. The molecule has 136 valence electrons. The molecule has 0 radical (unpaired) electrons. The van der Waals surface area contributed by atoms with Gasteiger partial charge in [0, 0.05) is 6.42 Å². The van der Waals surface area contributed by atoms with E-state index in [-0.39, 0.29) is 12.8 Å². The fourth-order valence-corrected chi connectivity index (χ4v) is 1.85. The Morgan fingerprint density at radius 3 is 1.92 bits per heavy atom. The minimum atomic E-state index is -1.68. The van der Waals surface area contributed by atoms with Gasteiger partial charge in [-0.05, 0) is 33.3 Å². The molecular formula is C19H24O6. The van der Waals surface area contributed by atoms with Crippen LogP contribution < -0.4 is 0 Å². The van der Waals surface area contributed by atoms with Crippen molar-refractivity contribution in [2.24, 2.45) is 10.8 Å². The lowest BCUT2D eigenvalue weighted by atomic mass is 9.81. The molecule has 0 heterocycles. The SMILES string of the molecule is C#CCC(C/C=C/[C@H](C#C)OC(=O)C(C)(C)C)(C(=O)OC)C(=O)OC. The summed E-state index contributed by atoms with van der Waals surface area (Å²) in [6, 6.07) is 0. The first kappa shape index (κ1) is 22.3. The van der Waals surface area contributed by atoms with Crippen molar-refractivity contribution in [1.29, 1.82) is 0 Å². The molecule has 1 atom stereocenters. The number of hydrogen-bond donors (Lipinski definition) is 0. The molecule has 0 spiro atoms. The van der Waals surface area contributed by atoms with Crippen molar-refractivity contribution >= 4 is 17.9 Å². The normalized spacial score (nSPS) is 12.6. The Balaban J connectivity index is 5.39. The van der Waals surface area contributed by atoms with Crippen molar-refractivity contribution in [1.82, 2.24) is 0 Å². The van der Waals surface area contributed by atoms with Crippen molar-refractivity contribution in [3.8, 4) is 24.7 Å². The Hall–Kier alpha value is -2.73. The predicted octanol–water partition coefficient (Wildman–Crippen LogP) is 1.88. The molecule has 6 nitrogen and oxygen atoms in total. The highest BCUT2D eigenvalue weighted by atomic mass is 16.5. The van der Waals surface area contributed by atoms with Gasteiger partial charge in [-0.1, -0.05) is 12.0 Å². The molecule has 0 saturated carbocycles. The maximum absolute atomic E-state index is 12.1. The van der Waals surface area contributed by atoms with Crippen molar-refractivity contribution in [3.05, 3.63) is 12.2 Å². The monoisotopic (exact) mass is 348 g/mol. The number of rotatable bonds is 7.